The maximum Gasteiger partial charge on any atom is 0.252 e. The molecule has 0 aliphatic heterocycles. The predicted molar refractivity (Wildman–Crippen MR) is 115 cm³/mol. The Hall–Kier alpha value is -3.03. The maximum atomic E-state index is 12.1. The maximum absolute atomic E-state index is 12.1. The minimum atomic E-state index is -0.176. The average Bonchev–Trinajstić information content (AvgIpc) is 3.40. The number of thiazole rings is 1. The van der Waals surface area contributed by atoms with Gasteiger partial charge in [0.15, 0.2) is 5.13 Å². The molecule has 4 aromatic rings. The lowest BCUT2D eigenvalue weighted by atomic mass is 10.0. The number of rotatable bonds is 6. The number of carbonyl (C=O) groups is 2. The molecule has 7 heteroatoms. The van der Waals surface area contributed by atoms with E-state index in [0.717, 1.165) is 22.0 Å². The SMILES string of the molecule is O=C(CCNC(=O)c1ccsc1)Nc1nc(-c2cccc3ccccc23)cs1. The molecule has 0 saturated heterocycles. The number of nitrogens with zero attached hydrogens (tertiary/aromatic N) is 1. The summed E-state index contributed by atoms with van der Waals surface area (Å²) >= 11 is 2.85. The Balaban J connectivity index is 1.37. The molecule has 2 heterocycles. The fraction of sp³-hybridized carbons (Fsp3) is 0.0952. The number of carbonyl (C=O) groups excluding carboxylic acids is 2. The minimum absolute atomic E-state index is 0.165. The molecular weight excluding hydrogens is 390 g/mol. The molecule has 2 N–H and O–H groups in total. The van der Waals surface area contributed by atoms with Crippen molar-refractivity contribution in [1.29, 1.82) is 0 Å². The third-order valence-corrected chi connectivity index (χ3v) is 5.68. The van der Waals surface area contributed by atoms with Gasteiger partial charge < -0.3 is 10.6 Å². The number of hydrogen-bond donors (Lipinski definition) is 2. The van der Waals surface area contributed by atoms with Gasteiger partial charge in [-0.05, 0) is 22.2 Å². The fourth-order valence-corrected chi connectivity index (χ4v) is 4.23. The first-order valence-electron chi connectivity index (χ1n) is 8.74. The average molecular weight is 408 g/mol. The number of aromatic nitrogens is 1. The minimum Gasteiger partial charge on any atom is -0.351 e. The third-order valence-electron chi connectivity index (χ3n) is 4.24. The van der Waals surface area contributed by atoms with Crippen LogP contribution in [0, 0.1) is 0 Å². The Kier molecular flexibility index (Phi) is 5.45. The van der Waals surface area contributed by atoms with E-state index in [2.05, 4.69) is 33.8 Å². The molecule has 0 bridgehead atoms. The molecular formula is C21H17N3O2S2. The number of thiophene rings is 1. The van der Waals surface area contributed by atoms with Crippen LogP contribution >= 0.6 is 22.7 Å². The van der Waals surface area contributed by atoms with Gasteiger partial charge in [-0.25, -0.2) is 4.98 Å². The largest absolute Gasteiger partial charge is 0.351 e. The van der Waals surface area contributed by atoms with Gasteiger partial charge in [-0.2, -0.15) is 11.3 Å². The van der Waals surface area contributed by atoms with Crippen LogP contribution in [0.1, 0.15) is 16.8 Å². The van der Waals surface area contributed by atoms with E-state index >= 15 is 0 Å². The smallest absolute Gasteiger partial charge is 0.252 e. The summed E-state index contributed by atoms with van der Waals surface area (Å²) in [6, 6.07) is 16.0. The van der Waals surface area contributed by atoms with Crippen molar-refractivity contribution < 1.29 is 9.59 Å². The van der Waals surface area contributed by atoms with Crippen LogP contribution in [-0.2, 0) is 4.79 Å². The van der Waals surface area contributed by atoms with E-state index < -0.39 is 0 Å². The molecule has 0 aliphatic carbocycles. The highest BCUT2D eigenvalue weighted by Crippen LogP contribution is 2.30. The van der Waals surface area contributed by atoms with E-state index in [1.807, 2.05) is 35.0 Å². The van der Waals surface area contributed by atoms with Crippen molar-refractivity contribution in [3.05, 3.63) is 70.2 Å². The molecule has 0 atom stereocenters. The first-order valence-corrected chi connectivity index (χ1v) is 10.6. The number of nitrogens with one attached hydrogen (secondary N) is 2. The van der Waals surface area contributed by atoms with E-state index in [1.54, 1.807) is 11.4 Å². The Morgan fingerprint density at radius 2 is 1.86 bits per heavy atom. The Labute approximate surface area is 170 Å². The highest BCUT2D eigenvalue weighted by atomic mass is 32.1. The lowest BCUT2D eigenvalue weighted by Gasteiger charge is -2.05. The van der Waals surface area contributed by atoms with Crippen LogP contribution in [-0.4, -0.2) is 23.3 Å². The summed E-state index contributed by atoms with van der Waals surface area (Å²) in [4.78, 5) is 28.6. The molecule has 0 aliphatic rings. The molecule has 2 aromatic carbocycles. The Morgan fingerprint density at radius 1 is 1.00 bits per heavy atom. The van der Waals surface area contributed by atoms with Gasteiger partial charge in [0.2, 0.25) is 5.91 Å². The fourth-order valence-electron chi connectivity index (χ4n) is 2.87. The summed E-state index contributed by atoms with van der Waals surface area (Å²) in [5.41, 5.74) is 2.49. The summed E-state index contributed by atoms with van der Waals surface area (Å²) < 4.78 is 0. The van der Waals surface area contributed by atoms with Gasteiger partial charge in [0.25, 0.3) is 5.91 Å². The molecule has 4 rings (SSSR count). The summed E-state index contributed by atoms with van der Waals surface area (Å²) in [5.74, 6) is -0.342. The lowest BCUT2D eigenvalue weighted by molar-refractivity contribution is -0.116. The third kappa shape index (κ3) is 4.11. The van der Waals surface area contributed by atoms with Crippen molar-refractivity contribution in [2.45, 2.75) is 6.42 Å². The second-order valence-electron chi connectivity index (χ2n) is 6.13. The van der Waals surface area contributed by atoms with Crippen LogP contribution < -0.4 is 10.6 Å². The zero-order valence-corrected chi connectivity index (χ0v) is 16.5. The van der Waals surface area contributed by atoms with Gasteiger partial charge in [0, 0.05) is 34.9 Å². The molecule has 0 fully saturated rings. The molecule has 2 aromatic heterocycles. The van der Waals surface area contributed by atoms with Crippen molar-refractivity contribution >= 4 is 50.4 Å². The molecule has 5 nitrogen and oxygen atoms in total. The first-order chi connectivity index (χ1) is 13.7. The van der Waals surface area contributed by atoms with Crippen LogP contribution in [0.3, 0.4) is 0 Å². The second-order valence-corrected chi connectivity index (χ2v) is 7.77. The second kappa shape index (κ2) is 8.33. The van der Waals surface area contributed by atoms with Crippen molar-refractivity contribution in [2.24, 2.45) is 0 Å². The molecule has 140 valence electrons. The highest BCUT2D eigenvalue weighted by Gasteiger charge is 2.11. The van der Waals surface area contributed by atoms with Gasteiger partial charge >= 0.3 is 0 Å². The Bertz CT molecular complexity index is 1110. The first kappa shape index (κ1) is 18.3. The van der Waals surface area contributed by atoms with Crippen molar-refractivity contribution in [2.75, 3.05) is 11.9 Å². The summed E-state index contributed by atoms with van der Waals surface area (Å²) in [6.45, 7) is 0.280. The van der Waals surface area contributed by atoms with Crippen molar-refractivity contribution in [3.8, 4) is 11.3 Å². The standard InChI is InChI=1S/C21H17N3O2S2/c25-19(8-10-22-20(26)15-9-11-27-12-15)24-21-23-18(13-28-21)17-7-3-5-14-4-1-2-6-16(14)17/h1-7,9,11-13H,8,10H2,(H,22,26)(H,23,24,25). The van der Waals surface area contributed by atoms with E-state index in [-0.39, 0.29) is 24.8 Å². The molecule has 2 amide bonds. The number of anilines is 1. The number of hydrogen-bond acceptors (Lipinski definition) is 5. The quantitative estimate of drug-likeness (QED) is 0.483. The van der Waals surface area contributed by atoms with Crippen LogP contribution in [0.25, 0.3) is 22.0 Å². The van der Waals surface area contributed by atoms with Gasteiger partial charge in [-0.3, -0.25) is 9.59 Å². The van der Waals surface area contributed by atoms with E-state index in [9.17, 15) is 9.59 Å². The molecule has 0 saturated carbocycles. The Morgan fingerprint density at radius 3 is 2.71 bits per heavy atom. The molecule has 28 heavy (non-hydrogen) atoms. The summed E-state index contributed by atoms with van der Waals surface area (Å²) in [5, 5.41) is 13.9. The normalized spacial score (nSPS) is 10.7. The van der Waals surface area contributed by atoms with Gasteiger partial charge in [0.05, 0.1) is 5.69 Å². The molecule has 0 unspecified atom stereocenters. The van der Waals surface area contributed by atoms with Crippen LogP contribution in [0.5, 0.6) is 0 Å². The van der Waals surface area contributed by atoms with E-state index in [0.29, 0.717) is 10.7 Å². The van der Waals surface area contributed by atoms with Crippen molar-refractivity contribution in [1.82, 2.24) is 10.3 Å². The number of benzene rings is 2. The number of fused-ring (bicyclic) bond motifs is 1. The van der Waals surface area contributed by atoms with Crippen molar-refractivity contribution in [3.63, 3.8) is 0 Å². The van der Waals surface area contributed by atoms with Gasteiger partial charge in [-0.15, -0.1) is 11.3 Å². The van der Waals surface area contributed by atoms with Crippen LogP contribution in [0.4, 0.5) is 5.13 Å². The summed E-state index contributed by atoms with van der Waals surface area (Å²) in [7, 11) is 0. The summed E-state index contributed by atoms with van der Waals surface area (Å²) in [6.07, 6.45) is 0.194. The number of amides is 2. The highest BCUT2D eigenvalue weighted by molar-refractivity contribution is 7.14. The monoisotopic (exact) mass is 407 g/mol. The van der Waals surface area contributed by atoms with Gasteiger partial charge in [-0.1, -0.05) is 42.5 Å². The van der Waals surface area contributed by atoms with Crippen LogP contribution in [0.15, 0.2) is 64.7 Å². The topological polar surface area (TPSA) is 71.1 Å². The molecule has 0 spiro atoms. The van der Waals surface area contributed by atoms with E-state index in [1.165, 1.54) is 22.7 Å². The van der Waals surface area contributed by atoms with Crippen LogP contribution in [0.2, 0.25) is 0 Å². The zero-order chi connectivity index (χ0) is 19.3. The lowest BCUT2D eigenvalue weighted by Crippen LogP contribution is -2.27. The zero-order valence-electron chi connectivity index (χ0n) is 14.8. The van der Waals surface area contributed by atoms with E-state index in [4.69, 9.17) is 0 Å². The molecule has 0 radical (unpaired) electrons. The van der Waals surface area contributed by atoms with Gasteiger partial charge in [0.1, 0.15) is 0 Å². The predicted octanol–water partition coefficient (Wildman–Crippen LogP) is 4.78.